The quantitative estimate of drug-likeness (QED) is 0.290. The number of carbonyl (C=O) groups excluding carboxylic acids is 3. The van der Waals surface area contributed by atoms with Crippen LogP contribution in [0.1, 0.15) is 0 Å². The number of hydrogen-bond acceptors (Lipinski definition) is 3. The highest BCUT2D eigenvalue weighted by atomic mass is 35.5. The van der Waals surface area contributed by atoms with Crippen molar-refractivity contribution in [2.24, 2.45) is 0 Å². The molecule has 0 N–H and O–H groups in total. The minimum absolute atomic E-state index is 0.349. The summed E-state index contributed by atoms with van der Waals surface area (Å²) in [7, 11) is 0. The Hall–Kier alpha value is -1.16. The first-order valence-electron chi connectivity index (χ1n) is 2.38. The topological polar surface area (TPSA) is 54.5 Å². The third kappa shape index (κ3) is 0.930. The summed E-state index contributed by atoms with van der Waals surface area (Å²) in [5.74, 6) is -1.38. The lowest BCUT2D eigenvalue weighted by Crippen LogP contribution is -2.31. The molecule has 0 bridgehead atoms. The SMILES string of the molecule is O=C(Cl)N1C(=O)C=CC1=O. The summed E-state index contributed by atoms with van der Waals surface area (Å²) < 4.78 is 0. The Kier molecular flexibility index (Phi) is 1.55. The predicted octanol–water partition coefficient (Wildman–Crippen LogP) is 0.270. The first kappa shape index (κ1) is 6.95. The first-order valence-corrected chi connectivity index (χ1v) is 2.76. The summed E-state index contributed by atoms with van der Waals surface area (Å²) in [5, 5.41) is -1.07. The molecule has 1 aliphatic heterocycles. The van der Waals surface area contributed by atoms with Crippen molar-refractivity contribution >= 4 is 28.8 Å². The number of rotatable bonds is 0. The molecule has 0 atom stereocenters. The third-order valence-corrected chi connectivity index (χ3v) is 1.15. The first-order chi connectivity index (χ1) is 4.63. The highest BCUT2D eigenvalue weighted by Gasteiger charge is 2.28. The molecule has 0 unspecified atom stereocenters. The van der Waals surface area contributed by atoms with Crippen LogP contribution in [0.3, 0.4) is 0 Å². The molecule has 1 heterocycles. The zero-order chi connectivity index (χ0) is 7.72. The van der Waals surface area contributed by atoms with E-state index >= 15 is 0 Å². The number of halogens is 1. The van der Waals surface area contributed by atoms with Gasteiger partial charge in [0.25, 0.3) is 11.8 Å². The lowest BCUT2D eigenvalue weighted by atomic mass is 10.6. The van der Waals surface area contributed by atoms with Crippen molar-refractivity contribution in [1.29, 1.82) is 0 Å². The van der Waals surface area contributed by atoms with Crippen LogP contribution in [0.2, 0.25) is 0 Å². The van der Waals surface area contributed by atoms with E-state index in [4.69, 9.17) is 11.6 Å². The highest BCUT2D eigenvalue weighted by Crippen LogP contribution is 2.06. The van der Waals surface area contributed by atoms with Gasteiger partial charge in [-0.25, -0.2) is 0 Å². The van der Waals surface area contributed by atoms with E-state index in [9.17, 15) is 14.4 Å². The van der Waals surface area contributed by atoms with Crippen molar-refractivity contribution in [3.8, 4) is 0 Å². The Morgan fingerprint density at radius 2 is 1.70 bits per heavy atom. The Morgan fingerprint density at radius 3 is 1.90 bits per heavy atom. The number of hydrogen-bond donors (Lipinski definition) is 0. The van der Waals surface area contributed by atoms with Gasteiger partial charge in [0.1, 0.15) is 0 Å². The average Bonchev–Trinajstić information content (AvgIpc) is 2.11. The van der Waals surface area contributed by atoms with E-state index in [2.05, 4.69) is 0 Å². The zero-order valence-electron chi connectivity index (χ0n) is 4.70. The average molecular weight is 160 g/mol. The van der Waals surface area contributed by atoms with E-state index in [1.807, 2.05) is 0 Å². The summed E-state index contributed by atoms with van der Waals surface area (Å²) in [6, 6.07) is 0. The Morgan fingerprint density at radius 1 is 1.30 bits per heavy atom. The fourth-order valence-electron chi connectivity index (χ4n) is 0.574. The lowest BCUT2D eigenvalue weighted by Gasteiger charge is -2.04. The highest BCUT2D eigenvalue weighted by molar-refractivity contribution is 6.66. The molecule has 1 aliphatic rings. The van der Waals surface area contributed by atoms with Crippen LogP contribution in [0.4, 0.5) is 4.79 Å². The van der Waals surface area contributed by atoms with Crippen molar-refractivity contribution in [2.45, 2.75) is 0 Å². The van der Waals surface area contributed by atoms with Gasteiger partial charge in [-0.15, -0.1) is 0 Å². The van der Waals surface area contributed by atoms with Crippen LogP contribution in [0.25, 0.3) is 0 Å². The minimum Gasteiger partial charge on any atom is -0.269 e. The number of carbonyl (C=O) groups is 3. The van der Waals surface area contributed by atoms with Gasteiger partial charge in [-0.05, 0) is 11.6 Å². The van der Waals surface area contributed by atoms with Crippen LogP contribution < -0.4 is 0 Å². The molecule has 0 radical (unpaired) electrons. The molecular formula is C5H2ClNO3. The summed E-state index contributed by atoms with van der Waals surface area (Å²) >= 11 is 4.88. The molecule has 0 aromatic rings. The fraction of sp³-hybridized carbons (Fsp3) is 0. The van der Waals surface area contributed by atoms with Crippen LogP contribution in [-0.2, 0) is 9.59 Å². The van der Waals surface area contributed by atoms with E-state index in [0.717, 1.165) is 12.2 Å². The normalized spacial score (nSPS) is 16.7. The van der Waals surface area contributed by atoms with Gasteiger partial charge < -0.3 is 0 Å². The van der Waals surface area contributed by atoms with Crippen molar-refractivity contribution in [3.63, 3.8) is 0 Å². The van der Waals surface area contributed by atoms with Gasteiger partial charge in [0.15, 0.2) is 0 Å². The second kappa shape index (κ2) is 2.22. The summed E-state index contributed by atoms with van der Waals surface area (Å²) in [5.41, 5.74) is 0. The predicted molar refractivity (Wildman–Crippen MR) is 32.2 cm³/mol. The van der Waals surface area contributed by atoms with Crippen LogP contribution >= 0.6 is 11.6 Å². The van der Waals surface area contributed by atoms with Crippen LogP contribution in [0.15, 0.2) is 12.2 Å². The molecule has 0 aromatic carbocycles. The van der Waals surface area contributed by atoms with E-state index in [1.54, 1.807) is 0 Å². The molecule has 0 saturated carbocycles. The molecule has 0 fully saturated rings. The van der Waals surface area contributed by atoms with Gasteiger partial charge in [0.2, 0.25) is 0 Å². The maximum atomic E-state index is 10.5. The monoisotopic (exact) mass is 159 g/mol. The standard InChI is InChI=1S/C5H2ClNO3/c6-5(10)7-3(8)1-2-4(7)9/h1-2H. The molecule has 4 nitrogen and oxygen atoms in total. The van der Waals surface area contributed by atoms with Crippen molar-refractivity contribution in [3.05, 3.63) is 12.2 Å². The van der Waals surface area contributed by atoms with Gasteiger partial charge in [-0.1, -0.05) is 0 Å². The maximum Gasteiger partial charge on any atom is 0.330 e. The molecule has 5 heteroatoms. The number of imide groups is 3. The number of nitrogens with zero attached hydrogens (tertiary/aromatic N) is 1. The third-order valence-electron chi connectivity index (χ3n) is 0.985. The lowest BCUT2D eigenvalue weighted by molar-refractivity contribution is -0.132. The minimum atomic E-state index is -1.07. The zero-order valence-corrected chi connectivity index (χ0v) is 5.46. The molecule has 0 aromatic heterocycles. The van der Waals surface area contributed by atoms with Gasteiger partial charge >= 0.3 is 5.37 Å². The van der Waals surface area contributed by atoms with Crippen LogP contribution in [-0.4, -0.2) is 22.1 Å². The van der Waals surface area contributed by atoms with Crippen LogP contribution in [0.5, 0.6) is 0 Å². The molecule has 0 saturated heterocycles. The number of amides is 3. The van der Waals surface area contributed by atoms with E-state index in [0.29, 0.717) is 4.90 Å². The molecule has 1 rings (SSSR count). The van der Waals surface area contributed by atoms with Gasteiger partial charge in [-0.2, -0.15) is 4.90 Å². The van der Waals surface area contributed by atoms with Gasteiger partial charge in [0, 0.05) is 12.2 Å². The smallest absolute Gasteiger partial charge is 0.269 e. The molecule has 0 spiro atoms. The summed E-state index contributed by atoms with van der Waals surface area (Å²) in [6.45, 7) is 0. The fourth-order valence-corrected chi connectivity index (χ4v) is 0.740. The summed E-state index contributed by atoms with van der Waals surface area (Å²) in [4.78, 5) is 31.7. The molecule has 0 aliphatic carbocycles. The van der Waals surface area contributed by atoms with Crippen LogP contribution in [0, 0.1) is 0 Å². The summed E-state index contributed by atoms with van der Waals surface area (Å²) in [6.07, 6.45) is 1.98. The molecule has 3 amide bonds. The molecule has 52 valence electrons. The second-order valence-corrected chi connectivity index (χ2v) is 1.92. The van der Waals surface area contributed by atoms with Crippen molar-refractivity contribution < 1.29 is 14.4 Å². The molecular weight excluding hydrogens is 158 g/mol. The van der Waals surface area contributed by atoms with Gasteiger partial charge in [-0.3, -0.25) is 14.4 Å². The van der Waals surface area contributed by atoms with Crippen molar-refractivity contribution in [2.75, 3.05) is 0 Å². The van der Waals surface area contributed by atoms with E-state index in [1.165, 1.54) is 0 Å². The van der Waals surface area contributed by atoms with E-state index in [-0.39, 0.29) is 0 Å². The largest absolute Gasteiger partial charge is 0.330 e. The molecule has 10 heavy (non-hydrogen) atoms. The Labute approximate surface area is 61.1 Å². The van der Waals surface area contributed by atoms with Crippen molar-refractivity contribution in [1.82, 2.24) is 4.90 Å². The van der Waals surface area contributed by atoms with Gasteiger partial charge in [0.05, 0.1) is 0 Å². The maximum absolute atomic E-state index is 10.5. The Balaban J connectivity index is 2.90. The Bertz CT molecular complexity index is 227. The second-order valence-electron chi connectivity index (χ2n) is 1.60. The van der Waals surface area contributed by atoms with E-state index < -0.39 is 17.2 Å².